The maximum Gasteiger partial charge on any atom is 0.348 e. The summed E-state index contributed by atoms with van der Waals surface area (Å²) in [4.78, 5) is 34.0. The van der Waals surface area contributed by atoms with Gasteiger partial charge in [-0.2, -0.15) is 0 Å². The first kappa shape index (κ1) is 20.4. The summed E-state index contributed by atoms with van der Waals surface area (Å²) in [5.41, 5.74) is 0.131. The summed E-state index contributed by atoms with van der Waals surface area (Å²) in [5, 5.41) is 11.6. The molecule has 0 spiro atoms. The Kier molecular flexibility index (Phi) is 6.41. The minimum Gasteiger partial charge on any atom is -0.591 e. The lowest BCUT2D eigenvalue weighted by molar-refractivity contribution is -0.161. The van der Waals surface area contributed by atoms with Crippen LogP contribution in [-0.2, 0) is 9.13 Å². The Morgan fingerprint density at radius 2 is 1.21 bits per heavy atom. The number of hydrogen-bond donors (Lipinski definition) is 1. The van der Waals surface area contributed by atoms with Crippen LogP contribution in [0.15, 0.2) is 72.8 Å². The van der Waals surface area contributed by atoms with Gasteiger partial charge in [-0.3, -0.25) is 0 Å². The van der Waals surface area contributed by atoms with Crippen molar-refractivity contribution in [3.63, 3.8) is 0 Å². The molecule has 0 amide bonds. The van der Waals surface area contributed by atoms with Crippen LogP contribution in [0, 0.1) is 0 Å². The Hall–Kier alpha value is -2.32. The molecule has 0 radical (unpaired) electrons. The molecule has 0 saturated heterocycles. The Morgan fingerprint density at radius 3 is 1.61 bits per heavy atom. The first-order chi connectivity index (χ1) is 13.4. The average Bonchev–Trinajstić information content (AvgIpc) is 2.69. The predicted molar refractivity (Wildman–Crippen MR) is 107 cm³/mol. The molecule has 3 aromatic rings. The van der Waals surface area contributed by atoms with Crippen LogP contribution < -0.4 is 36.3 Å². The van der Waals surface area contributed by atoms with Gasteiger partial charge in [-0.1, -0.05) is 45.5 Å². The molecule has 1 N–H and O–H groups in total. The molecule has 6 nitrogen and oxygen atoms in total. The molecule has 3 aromatic carbocycles. The fourth-order valence-electron chi connectivity index (χ4n) is 2.69. The Balaban J connectivity index is 2.17. The molecule has 0 aliphatic heterocycles. The second-order valence-electron chi connectivity index (χ2n) is 5.74. The maximum absolute atomic E-state index is 11.4. The van der Waals surface area contributed by atoms with Crippen molar-refractivity contribution in [3.05, 3.63) is 78.4 Å². The van der Waals surface area contributed by atoms with Crippen molar-refractivity contribution in [2.45, 2.75) is 0 Å². The third kappa shape index (κ3) is 4.56. The second-order valence-corrected chi connectivity index (χ2v) is 10.0. The maximum atomic E-state index is 11.4. The van der Waals surface area contributed by atoms with Gasteiger partial charge in [-0.05, 0) is 60.2 Å². The highest BCUT2D eigenvalue weighted by Gasteiger charge is 2.21. The molecule has 9 heteroatoms. The Bertz CT molecular complexity index is 1010. The van der Waals surface area contributed by atoms with Crippen molar-refractivity contribution in [2.24, 2.45) is 0 Å². The quantitative estimate of drug-likeness (QED) is 0.573. The molecular weight excluding hydrogens is 417 g/mol. The van der Waals surface area contributed by atoms with E-state index in [1.165, 1.54) is 24.3 Å². The molecule has 0 fully saturated rings. The van der Waals surface area contributed by atoms with E-state index in [2.05, 4.69) is 0 Å². The summed E-state index contributed by atoms with van der Waals surface area (Å²) < 4.78 is 22.8. The van der Waals surface area contributed by atoms with E-state index in [1.807, 2.05) is 0 Å². The largest absolute Gasteiger partial charge is 0.591 e. The van der Waals surface area contributed by atoms with Crippen LogP contribution in [-0.4, -0.2) is 11.1 Å². The number of carboxylic acid groups (broad SMARTS) is 1. The summed E-state index contributed by atoms with van der Waals surface area (Å²) >= 11 is 0. The third-order valence-corrected chi connectivity index (χ3v) is 7.77. The summed E-state index contributed by atoms with van der Waals surface area (Å²) in [6.45, 7) is 0. The van der Waals surface area contributed by atoms with Crippen LogP contribution in [0.25, 0.3) is 0 Å². The van der Waals surface area contributed by atoms with Crippen molar-refractivity contribution in [2.75, 3.05) is 0 Å². The summed E-state index contributed by atoms with van der Waals surface area (Å²) in [5.74, 6) is -1.05. The van der Waals surface area contributed by atoms with E-state index in [-0.39, 0.29) is 16.2 Å². The van der Waals surface area contributed by atoms with Gasteiger partial charge in [0.15, 0.2) is 10.6 Å². The van der Waals surface area contributed by atoms with Crippen LogP contribution in [0.5, 0.6) is 0 Å². The van der Waals surface area contributed by atoms with E-state index in [0.717, 1.165) is 5.30 Å². The van der Waals surface area contributed by atoms with Crippen LogP contribution in [0.2, 0.25) is 0 Å². The van der Waals surface area contributed by atoms with Crippen LogP contribution in [0.3, 0.4) is 0 Å². The summed E-state index contributed by atoms with van der Waals surface area (Å²) in [6.07, 6.45) is 0. The zero-order valence-corrected chi connectivity index (χ0v) is 16.9. The number of hydrogen-bond acceptors (Lipinski definition) is 5. The zero-order chi connectivity index (χ0) is 20.3. The lowest BCUT2D eigenvalue weighted by Gasteiger charge is -2.19. The van der Waals surface area contributed by atoms with E-state index >= 15 is 0 Å². The van der Waals surface area contributed by atoms with E-state index in [0.29, 0.717) is 10.6 Å². The molecule has 0 saturated carbocycles. The van der Waals surface area contributed by atoms with Gasteiger partial charge in [0, 0.05) is 0 Å². The topological polar surface area (TPSA) is 118 Å². The highest BCUT2D eigenvalue weighted by Crippen LogP contribution is 2.33. The molecule has 3 rings (SSSR count). The van der Waals surface area contributed by atoms with Crippen LogP contribution in [0.4, 0.5) is 0 Å². The fourth-order valence-corrected chi connectivity index (χ4v) is 6.15. The van der Waals surface area contributed by atoms with Crippen molar-refractivity contribution in [1.29, 1.82) is 0 Å². The smallest absolute Gasteiger partial charge is 0.348 e. The molecule has 28 heavy (non-hydrogen) atoms. The number of benzene rings is 3. The second kappa shape index (κ2) is 8.79. The third-order valence-electron chi connectivity index (χ3n) is 3.97. The predicted octanol–water partition coefficient (Wildman–Crippen LogP) is 0.599. The number of carbonyl (C=O) groups is 1. The Labute approximate surface area is 164 Å². The van der Waals surface area contributed by atoms with E-state index < -0.39 is 29.9 Å². The van der Waals surface area contributed by atoms with Crippen molar-refractivity contribution in [1.82, 2.24) is 0 Å². The normalized spacial score (nSPS) is 12.9. The van der Waals surface area contributed by atoms with Gasteiger partial charge in [0.1, 0.15) is 0 Å². The van der Waals surface area contributed by atoms with Crippen LogP contribution >= 0.6 is 24.0 Å². The number of aromatic carboxylic acids is 1. The standard InChI is InChI=1S/C19H13O6P3/c20-19(21)13-7-9-14(10-8-13)26(15-3-1-5-17(11-15)27(22)23)16-4-2-6-18(12-16)28(24)25/h1-12H,(H,20,21). The molecule has 2 atom stereocenters. The minimum absolute atomic E-state index is 0.131. The molecule has 0 aliphatic rings. The fraction of sp³-hybridized carbons (Fsp3) is 0. The number of rotatable bonds is 6. The lowest BCUT2D eigenvalue weighted by Crippen LogP contribution is -2.25. The van der Waals surface area contributed by atoms with Gasteiger partial charge in [-0.15, -0.1) is 0 Å². The molecule has 140 valence electrons. The minimum atomic E-state index is -2.77. The van der Waals surface area contributed by atoms with Gasteiger partial charge in [0.25, 0.3) is 0 Å². The molecule has 2 unspecified atom stereocenters. The van der Waals surface area contributed by atoms with Gasteiger partial charge in [0.05, 0.1) is 5.56 Å². The Morgan fingerprint density at radius 1 is 0.750 bits per heavy atom. The van der Waals surface area contributed by atoms with Crippen LogP contribution in [0.1, 0.15) is 10.4 Å². The van der Waals surface area contributed by atoms with Crippen molar-refractivity contribution in [3.8, 4) is 0 Å². The lowest BCUT2D eigenvalue weighted by atomic mass is 10.2. The zero-order valence-electron chi connectivity index (χ0n) is 14.3. The first-order valence-corrected chi connectivity index (χ1v) is 11.7. The SMILES string of the molecule is O=C(O)c1ccc(P(c2cccc([P+](=O)[O-])c2)c2cccc([P+](=O)[O-])c2)cc1. The summed E-state index contributed by atoms with van der Waals surface area (Å²) in [6, 6.07) is 19.2. The highest BCUT2D eigenvalue weighted by atomic mass is 31.1. The molecule has 0 aliphatic carbocycles. The van der Waals surface area contributed by atoms with Crippen molar-refractivity contribution < 1.29 is 28.8 Å². The van der Waals surface area contributed by atoms with Gasteiger partial charge in [-0.25, -0.2) is 4.79 Å². The van der Waals surface area contributed by atoms with Gasteiger partial charge >= 0.3 is 22.0 Å². The van der Waals surface area contributed by atoms with Gasteiger partial charge in [0.2, 0.25) is 0 Å². The van der Waals surface area contributed by atoms with E-state index in [1.54, 1.807) is 48.5 Å². The van der Waals surface area contributed by atoms with E-state index in [4.69, 9.17) is 5.11 Å². The monoisotopic (exact) mass is 430 g/mol. The first-order valence-electron chi connectivity index (χ1n) is 7.99. The summed E-state index contributed by atoms with van der Waals surface area (Å²) in [7, 11) is -6.82. The average molecular weight is 430 g/mol. The van der Waals surface area contributed by atoms with Gasteiger partial charge < -0.3 is 14.9 Å². The molecular formula is C19H13O6P3. The number of carboxylic acids is 1. The van der Waals surface area contributed by atoms with Crippen molar-refractivity contribution >= 4 is 56.5 Å². The van der Waals surface area contributed by atoms with E-state index in [9.17, 15) is 23.7 Å². The molecule has 0 bridgehead atoms. The highest BCUT2D eigenvalue weighted by molar-refractivity contribution is 7.80. The molecule has 0 heterocycles. The molecule has 0 aromatic heterocycles.